The first-order chi connectivity index (χ1) is 9.14. The predicted octanol–water partition coefficient (Wildman–Crippen LogP) is 3.03. The van der Waals surface area contributed by atoms with Crippen molar-refractivity contribution in [1.82, 2.24) is 4.90 Å². The number of nitrogens with zero attached hydrogens (tertiary/aromatic N) is 1. The number of hydrogen-bond acceptors (Lipinski definition) is 3. The molecule has 0 aromatic carbocycles. The first-order valence-corrected chi connectivity index (χ1v) is 8.17. The lowest BCUT2D eigenvalue weighted by molar-refractivity contribution is 0.0182. The van der Waals surface area contributed by atoms with Gasteiger partial charge in [-0.15, -0.1) is 0 Å². The van der Waals surface area contributed by atoms with E-state index in [0.29, 0.717) is 5.92 Å². The normalized spacial score (nSPS) is 19.3. The topological polar surface area (TPSA) is 38.5 Å². The zero-order chi connectivity index (χ0) is 14.1. The van der Waals surface area contributed by atoms with Crippen LogP contribution in [0, 0.1) is 5.92 Å². The van der Waals surface area contributed by atoms with E-state index >= 15 is 0 Å². The Morgan fingerprint density at radius 3 is 2.37 bits per heavy atom. The van der Waals surface area contributed by atoms with Crippen LogP contribution in [-0.2, 0) is 4.74 Å². The minimum Gasteiger partial charge on any atom is -0.380 e. The van der Waals surface area contributed by atoms with Crippen LogP contribution in [0.3, 0.4) is 0 Å². The van der Waals surface area contributed by atoms with E-state index in [4.69, 9.17) is 10.5 Å². The summed E-state index contributed by atoms with van der Waals surface area (Å²) in [6, 6.07) is 0. The van der Waals surface area contributed by atoms with E-state index in [1.165, 1.54) is 38.5 Å². The number of hydrogen-bond donors (Lipinski definition) is 1. The summed E-state index contributed by atoms with van der Waals surface area (Å²) in [7, 11) is 0. The van der Waals surface area contributed by atoms with Gasteiger partial charge in [0.1, 0.15) is 0 Å². The Hall–Kier alpha value is -0.120. The molecule has 0 atom stereocenters. The maximum atomic E-state index is 6.14. The molecule has 0 unspecified atom stereocenters. The van der Waals surface area contributed by atoms with Crippen molar-refractivity contribution in [2.45, 2.75) is 64.8 Å². The van der Waals surface area contributed by atoms with Crippen molar-refractivity contribution in [1.29, 1.82) is 0 Å². The lowest BCUT2D eigenvalue weighted by Gasteiger charge is -2.46. The lowest BCUT2D eigenvalue weighted by Crippen LogP contribution is -2.56. The monoisotopic (exact) mass is 270 g/mol. The highest BCUT2D eigenvalue weighted by molar-refractivity contribution is 4.94. The minimum absolute atomic E-state index is 0.259. The van der Waals surface area contributed by atoms with Gasteiger partial charge in [0.15, 0.2) is 0 Å². The van der Waals surface area contributed by atoms with Crippen LogP contribution in [0.5, 0.6) is 0 Å². The Morgan fingerprint density at radius 2 is 1.84 bits per heavy atom. The van der Waals surface area contributed by atoms with Gasteiger partial charge in [-0.25, -0.2) is 0 Å². The van der Waals surface area contributed by atoms with Crippen molar-refractivity contribution >= 4 is 0 Å². The maximum Gasteiger partial charge on any atom is 0.0593 e. The van der Waals surface area contributed by atoms with Gasteiger partial charge in [0.25, 0.3) is 0 Å². The summed E-state index contributed by atoms with van der Waals surface area (Å²) < 4.78 is 5.77. The van der Waals surface area contributed by atoms with Crippen LogP contribution in [0.4, 0.5) is 0 Å². The fourth-order valence-corrected chi connectivity index (χ4v) is 3.21. The van der Waals surface area contributed by atoms with Crippen LogP contribution in [0.15, 0.2) is 0 Å². The molecule has 3 heteroatoms. The molecule has 0 spiro atoms. The first-order valence-electron chi connectivity index (χ1n) is 8.17. The highest BCUT2D eigenvalue weighted by Gasteiger charge is 2.35. The second-order valence-corrected chi connectivity index (χ2v) is 6.44. The predicted molar refractivity (Wildman–Crippen MR) is 82.4 cm³/mol. The maximum absolute atomic E-state index is 6.14. The summed E-state index contributed by atoms with van der Waals surface area (Å²) in [4.78, 5) is 2.62. The molecule has 3 nitrogen and oxygen atoms in total. The van der Waals surface area contributed by atoms with E-state index in [1.54, 1.807) is 0 Å². The van der Waals surface area contributed by atoms with Crippen molar-refractivity contribution in [3.8, 4) is 0 Å². The van der Waals surface area contributed by atoms with E-state index in [1.807, 2.05) is 0 Å². The molecule has 0 aromatic heterocycles. The molecule has 0 aromatic rings. The number of nitrogens with two attached hydrogens (primary N) is 1. The molecule has 1 aliphatic rings. The lowest BCUT2D eigenvalue weighted by atomic mass is 9.80. The fourth-order valence-electron chi connectivity index (χ4n) is 3.21. The molecular formula is C16H34N2O. The average Bonchev–Trinajstić information content (AvgIpc) is 2.42. The van der Waals surface area contributed by atoms with Crippen molar-refractivity contribution in [2.24, 2.45) is 11.7 Å². The van der Waals surface area contributed by atoms with Gasteiger partial charge in [-0.3, -0.25) is 4.90 Å². The van der Waals surface area contributed by atoms with E-state index in [0.717, 1.165) is 32.8 Å². The largest absolute Gasteiger partial charge is 0.380 e. The SMILES string of the molecule is CCCN(CCOCC(C)C)C1(CN)CCCCC1. The summed E-state index contributed by atoms with van der Waals surface area (Å²) in [5.74, 6) is 0.623. The van der Waals surface area contributed by atoms with E-state index in [9.17, 15) is 0 Å². The smallest absolute Gasteiger partial charge is 0.0593 e. The van der Waals surface area contributed by atoms with Crippen LogP contribution >= 0.6 is 0 Å². The van der Waals surface area contributed by atoms with Crippen LogP contribution in [0.25, 0.3) is 0 Å². The molecule has 1 aliphatic carbocycles. The third-order valence-corrected chi connectivity index (χ3v) is 4.29. The summed E-state index contributed by atoms with van der Waals surface area (Å²) in [6.45, 7) is 11.4. The molecule has 0 bridgehead atoms. The second kappa shape index (κ2) is 8.93. The van der Waals surface area contributed by atoms with Crippen LogP contribution in [0.2, 0.25) is 0 Å². The zero-order valence-corrected chi connectivity index (χ0v) is 13.3. The summed E-state index contributed by atoms with van der Waals surface area (Å²) >= 11 is 0. The Labute approximate surface area is 119 Å². The van der Waals surface area contributed by atoms with Gasteiger partial charge in [-0.05, 0) is 31.7 Å². The highest BCUT2D eigenvalue weighted by Crippen LogP contribution is 2.32. The van der Waals surface area contributed by atoms with Gasteiger partial charge in [-0.2, -0.15) is 0 Å². The average molecular weight is 270 g/mol. The third kappa shape index (κ3) is 5.41. The Morgan fingerprint density at radius 1 is 1.16 bits per heavy atom. The minimum atomic E-state index is 0.259. The molecule has 1 fully saturated rings. The molecule has 0 amide bonds. The molecule has 19 heavy (non-hydrogen) atoms. The second-order valence-electron chi connectivity index (χ2n) is 6.44. The molecule has 1 saturated carbocycles. The van der Waals surface area contributed by atoms with Gasteiger partial charge < -0.3 is 10.5 Å². The van der Waals surface area contributed by atoms with Gasteiger partial charge in [0.05, 0.1) is 6.61 Å². The van der Waals surface area contributed by atoms with Crippen molar-refractivity contribution < 1.29 is 4.74 Å². The fraction of sp³-hybridized carbons (Fsp3) is 1.00. The standard InChI is InChI=1S/C16H34N2O/c1-4-10-18(11-12-19-13-15(2)3)16(14-17)8-6-5-7-9-16/h15H,4-14,17H2,1-3H3. The molecule has 2 N–H and O–H groups in total. The van der Waals surface area contributed by atoms with E-state index in [2.05, 4.69) is 25.7 Å². The molecule has 0 radical (unpaired) electrons. The van der Waals surface area contributed by atoms with E-state index < -0.39 is 0 Å². The first kappa shape index (κ1) is 16.9. The Balaban J connectivity index is 2.48. The van der Waals surface area contributed by atoms with Crippen LogP contribution in [-0.4, -0.2) is 43.3 Å². The number of rotatable bonds is 9. The molecule has 0 aliphatic heterocycles. The summed E-state index contributed by atoms with van der Waals surface area (Å²) in [6.07, 6.45) is 7.80. The molecule has 1 rings (SSSR count). The van der Waals surface area contributed by atoms with Crippen LogP contribution in [0.1, 0.15) is 59.3 Å². The number of ether oxygens (including phenoxy) is 1. The van der Waals surface area contributed by atoms with Gasteiger partial charge in [0.2, 0.25) is 0 Å². The summed E-state index contributed by atoms with van der Waals surface area (Å²) in [5, 5.41) is 0. The zero-order valence-electron chi connectivity index (χ0n) is 13.3. The van der Waals surface area contributed by atoms with Crippen molar-refractivity contribution in [3.63, 3.8) is 0 Å². The van der Waals surface area contributed by atoms with Crippen molar-refractivity contribution in [3.05, 3.63) is 0 Å². The summed E-state index contributed by atoms with van der Waals surface area (Å²) in [5.41, 5.74) is 6.40. The quantitative estimate of drug-likeness (QED) is 0.655. The Bertz CT molecular complexity index is 225. The van der Waals surface area contributed by atoms with E-state index in [-0.39, 0.29) is 5.54 Å². The van der Waals surface area contributed by atoms with Crippen LogP contribution < -0.4 is 5.73 Å². The third-order valence-electron chi connectivity index (χ3n) is 4.29. The molecule has 0 heterocycles. The van der Waals surface area contributed by atoms with Crippen molar-refractivity contribution in [2.75, 3.05) is 32.8 Å². The Kier molecular flexibility index (Phi) is 7.96. The molecule has 114 valence electrons. The van der Waals surface area contributed by atoms with Gasteiger partial charge in [0, 0.05) is 25.2 Å². The highest BCUT2D eigenvalue weighted by atomic mass is 16.5. The van der Waals surface area contributed by atoms with Gasteiger partial charge in [-0.1, -0.05) is 40.0 Å². The molecule has 0 saturated heterocycles. The van der Waals surface area contributed by atoms with Gasteiger partial charge >= 0.3 is 0 Å². The molecular weight excluding hydrogens is 236 g/mol.